The molecule has 2 aromatic carbocycles. The van der Waals surface area contributed by atoms with Crippen molar-refractivity contribution < 1.29 is 9.84 Å². The van der Waals surface area contributed by atoms with Gasteiger partial charge in [0.2, 0.25) is 5.88 Å². The number of benzene rings is 2. The van der Waals surface area contributed by atoms with Crippen molar-refractivity contribution in [1.82, 2.24) is 9.88 Å². The van der Waals surface area contributed by atoms with E-state index in [0.29, 0.717) is 11.6 Å². The van der Waals surface area contributed by atoms with Gasteiger partial charge >= 0.3 is 0 Å². The lowest BCUT2D eigenvalue weighted by atomic mass is 9.77. The van der Waals surface area contributed by atoms with Crippen molar-refractivity contribution in [2.45, 2.75) is 77.7 Å². The summed E-state index contributed by atoms with van der Waals surface area (Å²) in [6.45, 7) is 15.1. The van der Waals surface area contributed by atoms with E-state index < -0.39 is 0 Å². The molecule has 1 fully saturated rings. The van der Waals surface area contributed by atoms with E-state index in [2.05, 4.69) is 86.6 Å². The number of pyridine rings is 1. The van der Waals surface area contributed by atoms with Crippen molar-refractivity contribution in [3.63, 3.8) is 0 Å². The van der Waals surface area contributed by atoms with E-state index in [1.165, 1.54) is 24.8 Å². The molecule has 4 nitrogen and oxygen atoms in total. The Morgan fingerprint density at radius 2 is 1.51 bits per heavy atom. The molecule has 1 aliphatic heterocycles. The van der Waals surface area contributed by atoms with Crippen molar-refractivity contribution >= 4 is 26.8 Å². The van der Waals surface area contributed by atoms with Gasteiger partial charge in [-0.1, -0.05) is 63.9 Å². The molecular weight excluding hydrogens is 500 g/mol. The molecule has 0 spiro atoms. The van der Waals surface area contributed by atoms with Gasteiger partial charge in [0.05, 0.1) is 18.7 Å². The lowest BCUT2D eigenvalue weighted by Crippen LogP contribution is -2.35. The lowest BCUT2D eigenvalue weighted by Gasteiger charge is -2.37. The Morgan fingerprint density at radius 1 is 0.914 bits per heavy atom. The Morgan fingerprint density at radius 3 is 2.06 bits per heavy atom. The van der Waals surface area contributed by atoms with Gasteiger partial charge in [-0.05, 0) is 89.8 Å². The highest BCUT2D eigenvalue weighted by atomic mass is 79.9. The minimum absolute atomic E-state index is 0.0102. The minimum atomic E-state index is -0.191. The predicted octanol–water partition coefficient (Wildman–Crippen LogP) is 7.88. The number of piperidine rings is 1. The van der Waals surface area contributed by atoms with E-state index in [1.807, 2.05) is 12.1 Å². The molecule has 1 atom stereocenters. The number of phenolic OH excluding ortho intramolecular Hbond substituents is 1. The molecule has 2 heterocycles. The summed E-state index contributed by atoms with van der Waals surface area (Å²) in [5, 5.41) is 12.5. The molecule has 1 saturated heterocycles. The van der Waals surface area contributed by atoms with Gasteiger partial charge in [-0.25, -0.2) is 4.98 Å². The number of phenols is 1. The minimum Gasteiger partial charge on any atom is -0.507 e. The molecule has 1 aliphatic rings. The Bertz CT molecular complexity index is 1180. The van der Waals surface area contributed by atoms with Crippen LogP contribution in [0, 0.1) is 0 Å². The molecule has 0 amide bonds. The summed E-state index contributed by atoms with van der Waals surface area (Å²) >= 11 is 3.62. The summed E-state index contributed by atoms with van der Waals surface area (Å²) in [6.07, 6.45) is 3.63. The smallest absolute Gasteiger partial charge is 0.218 e. The molecule has 3 aromatic rings. The molecule has 1 N–H and O–H groups in total. The molecule has 0 bridgehead atoms. The summed E-state index contributed by atoms with van der Waals surface area (Å²) in [4.78, 5) is 7.48. The first-order chi connectivity index (χ1) is 16.4. The molecule has 0 radical (unpaired) electrons. The molecule has 0 saturated carbocycles. The van der Waals surface area contributed by atoms with Gasteiger partial charge in [-0.2, -0.15) is 0 Å². The van der Waals surface area contributed by atoms with Gasteiger partial charge in [0.25, 0.3) is 0 Å². The van der Waals surface area contributed by atoms with Crippen LogP contribution in [0.5, 0.6) is 11.6 Å². The van der Waals surface area contributed by atoms with Crippen LogP contribution in [0.25, 0.3) is 10.9 Å². The van der Waals surface area contributed by atoms with Gasteiger partial charge in [-0.15, -0.1) is 0 Å². The third-order valence-corrected chi connectivity index (χ3v) is 7.57. The van der Waals surface area contributed by atoms with Crippen LogP contribution >= 0.6 is 15.9 Å². The number of halogens is 1. The first-order valence-electron chi connectivity index (χ1n) is 12.7. The highest BCUT2D eigenvalue weighted by Crippen LogP contribution is 2.44. The predicted molar refractivity (Wildman–Crippen MR) is 149 cm³/mol. The Hall–Kier alpha value is -2.11. The zero-order chi connectivity index (χ0) is 25.5. The van der Waals surface area contributed by atoms with Crippen LogP contribution in [-0.4, -0.2) is 35.2 Å². The largest absolute Gasteiger partial charge is 0.507 e. The van der Waals surface area contributed by atoms with Crippen LogP contribution in [-0.2, 0) is 10.8 Å². The van der Waals surface area contributed by atoms with Crippen LogP contribution in [0.15, 0.2) is 40.9 Å². The number of nitrogens with zero attached hydrogens (tertiary/aromatic N) is 2. The molecule has 0 aliphatic carbocycles. The maximum absolute atomic E-state index is 11.4. The first kappa shape index (κ1) is 26.0. The molecule has 1 aromatic heterocycles. The maximum atomic E-state index is 11.4. The summed E-state index contributed by atoms with van der Waals surface area (Å²) in [7, 11) is 1.71. The molecular formula is C30H39BrN2O2. The average Bonchev–Trinajstić information content (AvgIpc) is 2.78. The fourth-order valence-corrected chi connectivity index (χ4v) is 5.61. The zero-order valence-corrected chi connectivity index (χ0v) is 23.8. The second kappa shape index (κ2) is 9.74. The van der Waals surface area contributed by atoms with E-state index in [-0.39, 0.29) is 16.9 Å². The lowest BCUT2D eigenvalue weighted by molar-refractivity contribution is 0.183. The van der Waals surface area contributed by atoms with Crippen molar-refractivity contribution in [2.24, 2.45) is 0 Å². The third-order valence-electron chi connectivity index (χ3n) is 7.08. The van der Waals surface area contributed by atoms with Gasteiger partial charge in [0.1, 0.15) is 5.75 Å². The van der Waals surface area contributed by atoms with Crippen LogP contribution < -0.4 is 4.74 Å². The first-order valence-corrected chi connectivity index (χ1v) is 13.5. The SMILES string of the molecule is COc1nc2ccc(Br)cc2cc1C(c1cc(C(C)(C)C)c(O)c(C(C)(C)C)c1)N1CCCCC1. The standard InChI is InChI=1S/C30H39BrN2O2/c1-29(2,3)23-17-20(18-24(27(23)34)30(4,5)6)26(33-13-9-8-10-14-33)22-16-19-15-21(31)11-12-25(19)32-28(22)35-7/h11-12,15-18,26,34H,8-10,13-14H2,1-7H3. The number of hydrogen-bond donors (Lipinski definition) is 1. The topological polar surface area (TPSA) is 45.6 Å². The zero-order valence-electron chi connectivity index (χ0n) is 22.2. The molecule has 5 heteroatoms. The van der Waals surface area contributed by atoms with E-state index >= 15 is 0 Å². The quantitative estimate of drug-likeness (QED) is 0.366. The Kier molecular flexibility index (Phi) is 7.23. The summed E-state index contributed by atoms with van der Waals surface area (Å²) in [5.74, 6) is 1.08. The molecule has 188 valence electrons. The fraction of sp³-hybridized carbons (Fsp3) is 0.500. The number of methoxy groups -OCH3 is 1. The average molecular weight is 540 g/mol. The second-order valence-electron chi connectivity index (χ2n) is 11.9. The molecule has 4 rings (SSSR count). The van der Waals surface area contributed by atoms with Crippen LogP contribution in [0.3, 0.4) is 0 Å². The normalized spacial score (nSPS) is 16.5. The van der Waals surface area contributed by atoms with Crippen LogP contribution in [0.1, 0.15) is 89.1 Å². The number of rotatable bonds is 4. The van der Waals surface area contributed by atoms with Gasteiger partial charge in [-0.3, -0.25) is 4.90 Å². The van der Waals surface area contributed by atoms with Gasteiger partial charge in [0.15, 0.2) is 0 Å². The highest BCUT2D eigenvalue weighted by Gasteiger charge is 2.33. The second-order valence-corrected chi connectivity index (χ2v) is 12.8. The van der Waals surface area contributed by atoms with Crippen molar-refractivity contribution in [3.8, 4) is 11.6 Å². The summed E-state index contributed by atoms with van der Waals surface area (Å²) < 4.78 is 6.93. The third kappa shape index (κ3) is 5.36. The maximum Gasteiger partial charge on any atom is 0.218 e. The van der Waals surface area contributed by atoms with E-state index in [0.717, 1.165) is 45.2 Å². The molecule has 35 heavy (non-hydrogen) atoms. The van der Waals surface area contributed by atoms with Gasteiger partial charge < -0.3 is 9.84 Å². The Balaban J connectivity index is 2.02. The van der Waals surface area contributed by atoms with Gasteiger partial charge in [0, 0.05) is 15.4 Å². The number of likely N-dealkylation sites (tertiary alicyclic amines) is 1. The number of hydrogen-bond acceptors (Lipinski definition) is 4. The van der Waals surface area contributed by atoms with Crippen LogP contribution in [0.4, 0.5) is 0 Å². The number of aromatic nitrogens is 1. The number of ether oxygens (including phenoxy) is 1. The summed E-state index contributed by atoms with van der Waals surface area (Å²) in [5.41, 5.74) is 4.77. The number of aromatic hydroxyl groups is 1. The van der Waals surface area contributed by atoms with Crippen molar-refractivity contribution in [3.05, 3.63) is 63.1 Å². The fourth-order valence-electron chi connectivity index (χ4n) is 5.23. The highest BCUT2D eigenvalue weighted by molar-refractivity contribution is 9.10. The monoisotopic (exact) mass is 538 g/mol. The Labute approximate surface area is 218 Å². The van der Waals surface area contributed by atoms with Crippen molar-refractivity contribution in [1.29, 1.82) is 0 Å². The van der Waals surface area contributed by atoms with Crippen LogP contribution in [0.2, 0.25) is 0 Å². The van der Waals surface area contributed by atoms with E-state index in [4.69, 9.17) is 9.72 Å². The van der Waals surface area contributed by atoms with E-state index in [9.17, 15) is 5.11 Å². The summed E-state index contributed by atoms with van der Waals surface area (Å²) in [6, 6.07) is 12.8. The van der Waals surface area contributed by atoms with E-state index in [1.54, 1.807) is 7.11 Å². The number of fused-ring (bicyclic) bond motifs is 1. The van der Waals surface area contributed by atoms with Crippen molar-refractivity contribution in [2.75, 3.05) is 20.2 Å². The molecule has 1 unspecified atom stereocenters.